The van der Waals surface area contributed by atoms with Crippen LogP contribution < -0.4 is 5.73 Å². The summed E-state index contributed by atoms with van der Waals surface area (Å²) in [5.41, 5.74) is 7.11. The van der Waals surface area contributed by atoms with E-state index in [9.17, 15) is 4.79 Å². The third-order valence-corrected chi connectivity index (χ3v) is 4.61. The number of thioether (sulfide) groups is 1. The lowest BCUT2D eigenvalue weighted by Crippen LogP contribution is -2.38. The molecule has 1 aromatic carbocycles. The van der Waals surface area contributed by atoms with Gasteiger partial charge in [0.2, 0.25) is 5.91 Å². The van der Waals surface area contributed by atoms with Crippen LogP contribution in [-0.2, 0) is 4.79 Å². The molecular formula is C14H21ClN2OS. The highest BCUT2D eigenvalue weighted by atomic mass is 35.5. The predicted molar refractivity (Wildman–Crippen MR) is 83.7 cm³/mol. The number of amides is 1. The third-order valence-electron chi connectivity index (χ3n) is 3.47. The first-order valence-electron chi connectivity index (χ1n) is 6.32. The van der Waals surface area contributed by atoms with Gasteiger partial charge in [-0.25, -0.2) is 0 Å². The summed E-state index contributed by atoms with van der Waals surface area (Å²) in [4.78, 5) is 14.0. The monoisotopic (exact) mass is 300 g/mol. The van der Waals surface area contributed by atoms with E-state index in [4.69, 9.17) is 5.73 Å². The second-order valence-corrected chi connectivity index (χ2v) is 5.89. The first kappa shape index (κ1) is 16.3. The largest absolute Gasteiger partial charge is 0.342 e. The summed E-state index contributed by atoms with van der Waals surface area (Å²) in [5.74, 6) is 2.37. The Labute approximate surface area is 125 Å². The van der Waals surface area contributed by atoms with Gasteiger partial charge in [-0.2, -0.15) is 11.8 Å². The molecule has 1 aromatic rings. The second-order valence-electron chi connectivity index (χ2n) is 4.74. The fraction of sp³-hybridized carbons (Fsp3) is 0.500. The highest BCUT2D eigenvalue weighted by Crippen LogP contribution is 2.23. The van der Waals surface area contributed by atoms with E-state index in [0.717, 1.165) is 23.5 Å². The van der Waals surface area contributed by atoms with Gasteiger partial charge in [-0.3, -0.25) is 4.79 Å². The Morgan fingerprint density at radius 1 is 1.47 bits per heavy atom. The normalized spacial score (nSPS) is 19.6. The Balaban J connectivity index is 0.00000180. The van der Waals surface area contributed by atoms with E-state index in [1.54, 1.807) is 0 Å². The van der Waals surface area contributed by atoms with E-state index in [2.05, 4.69) is 0 Å². The maximum Gasteiger partial charge on any atom is 0.224 e. The summed E-state index contributed by atoms with van der Waals surface area (Å²) in [6, 6.07) is 10.0. The van der Waals surface area contributed by atoms with Gasteiger partial charge in [-0.05, 0) is 17.7 Å². The third kappa shape index (κ3) is 4.41. The maximum atomic E-state index is 12.2. The van der Waals surface area contributed by atoms with Crippen molar-refractivity contribution in [3.05, 3.63) is 35.9 Å². The van der Waals surface area contributed by atoms with Crippen LogP contribution in [0.3, 0.4) is 0 Å². The van der Waals surface area contributed by atoms with E-state index < -0.39 is 0 Å². The van der Waals surface area contributed by atoms with Gasteiger partial charge in [0, 0.05) is 31.3 Å². The molecule has 106 valence electrons. The van der Waals surface area contributed by atoms with Crippen molar-refractivity contribution < 1.29 is 4.79 Å². The van der Waals surface area contributed by atoms with Crippen molar-refractivity contribution in [2.75, 3.05) is 18.6 Å². The molecule has 3 nitrogen and oxygen atoms in total. The van der Waals surface area contributed by atoms with Crippen molar-refractivity contribution in [3.8, 4) is 0 Å². The number of nitrogens with zero attached hydrogens (tertiary/aromatic N) is 1. The average molecular weight is 301 g/mol. The average Bonchev–Trinajstić information content (AvgIpc) is 2.92. The van der Waals surface area contributed by atoms with Gasteiger partial charge >= 0.3 is 0 Å². The fourth-order valence-corrected chi connectivity index (χ4v) is 3.45. The van der Waals surface area contributed by atoms with Crippen LogP contribution in [0, 0.1) is 0 Å². The lowest BCUT2D eigenvalue weighted by atomic mass is 10.0. The molecular weight excluding hydrogens is 280 g/mol. The summed E-state index contributed by atoms with van der Waals surface area (Å²) in [6.07, 6.45) is 1.50. The Morgan fingerprint density at radius 2 is 2.16 bits per heavy atom. The maximum absolute atomic E-state index is 12.2. The van der Waals surface area contributed by atoms with Crippen LogP contribution in [-0.4, -0.2) is 35.4 Å². The molecule has 1 heterocycles. The smallest absolute Gasteiger partial charge is 0.224 e. The quantitative estimate of drug-likeness (QED) is 0.929. The number of carbonyl (C=O) groups is 1. The number of carbonyl (C=O) groups excluding carboxylic acids is 1. The van der Waals surface area contributed by atoms with E-state index in [1.165, 1.54) is 0 Å². The molecule has 1 aliphatic heterocycles. The van der Waals surface area contributed by atoms with Crippen LogP contribution >= 0.6 is 24.2 Å². The molecule has 1 amide bonds. The Morgan fingerprint density at radius 3 is 2.74 bits per heavy atom. The molecule has 2 atom stereocenters. The topological polar surface area (TPSA) is 46.3 Å². The van der Waals surface area contributed by atoms with Gasteiger partial charge in [-0.15, -0.1) is 12.4 Å². The van der Waals surface area contributed by atoms with E-state index in [0.29, 0.717) is 12.5 Å². The van der Waals surface area contributed by atoms with Gasteiger partial charge in [0.15, 0.2) is 0 Å². The highest BCUT2D eigenvalue weighted by molar-refractivity contribution is 7.99. The van der Waals surface area contributed by atoms with Gasteiger partial charge in [0.25, 0.3) is 0 Å². The van der Waals surface area contributed by atoms with Gasteiger partial charge < -0.3 is 10.6 Å². The molecule has 0 saturated carbocycles. The van der Waals surface area contributed by atoms with E-state index >= 15 is 0 Å². The van der Waals surface area contributed by atoms with Crippen LogP contribution in [0.15, 0.2) is 30.3 Å². The van der Waals surface area contributed by atoms with Crippen LogP contribution in [0.1, 0.15) is 24.4 Å². The first-order chi connectivity index (χ1) is 8.68. The van der Waals surface area contributed by atoms with Crippen molar-refractivity contribution in [2.24, 2.45) is 5.73 Å². The molecule has 19 heavy (non-hydrogen) atoms. The lowest BCUT2D eigenvalue weighted by Gasteiger charge is -2.25. The Hall–Kier alpha value is -0.710. The number of rotatable bonds is 4. The van der Waals surface area contributed by atoms with E-state index in [1.807, 2.05) is 54.0 Å². The van der Waals surface area contributed by atoms with Crippen molar-refractivity contribution in [3.63, 3.8) is 0 Å². The highest BCUT2D eigenvalue weighted by Gasteiger charge is 2.24. The number of halogens is 1. The minimum absolute atomic E-state index is 0. The summed E-state index contributed by atoms with van der Waals surface area (Å²) in [6.45, 7) is 0. The summed E-state index contributed by atoms with van der Waals surface area (Å²) >= 11 is 1.92. The van der Waals surface area contributed by atoms with Crippen molar-refractivity contribution in [1.82, 2.24) is 4.90 Å². The second kappa shape index (κ2) is 7.78. The summed E-state index contributed by atoms with van der Waals surface area (Å²) in [7, 11) is 1.90. The van der Waals surface area contributed by atoms with E-state index in [-0.39, 0.29) is 24.4 Å². The zero-order chi connectivity index (χ0) is 13.0. The van der Waals surface area contributed by atoms with Gasteiger partial charge in [0.1, 0.15) is 0 Å². The Bertz CT molecular complexity index is 396. The van der Waals surface area contributed by atoms with Crippen LogP contribution in [0.5, 0.6) is 0 Å². The molecule has 0 aromatic heterocycles. The molecule has 0 spiro atoms. The van der Waals surface area contributed by atoms with Gasteiger partial charge in [0.05, 0.1) is 0 Å². The number of benzene rings is 1. The zero-order valence-electron chi connectivity index (χ0n) is 11.1. The molecule has 2 rings (SSSR count). The van der Waals surface area contributed by atoms with Crippen molar-refractivity contribution in [1.29, 1.82) is 0 Å². The molecule has 1 fully saturated rings. The molecule has 2 N–H and O–H groups in total. The molecule has 2 unspecified atom stereocenters. The number of nitrogens with two attached hydrogens (primary N) is 1. The molecule has 5 heteroatoms. The van der Waals surface area contributed by atoms with Crippen LogP contribution in [0.4, 0.5) is 0 Å². The Kier molecular flexibility index (Phi) is 6.69. The number of hydrogen-bond donors (Lipinski definition) is 1. The molecule has 0 radical (unpaired) electrons. The summed E-state index contributed by atoms with van der Waals surface area (Å²) in [5, 5.41) is 0. The standard InChI is InChI=1S/C14H20N2OS.ClH/c1-16(12-7-8-18-10-12)14(17)9-13(15)11-5-3-2-4-6-11;/h2-6,12-13H,7-10,15H2,1H3;1H. The minimum atomic E-state index is -0.199. The van der Waals surface area contributed by atoms with Crippen LogP contribution in [0.2, 0.25) is 0 Å². The SMILES string of the molecule is CN(C(=O)CC(N)c1ccccc1)C1CCSC1.Cl. The molecule has 0 aliphatic carbocycles. The van der Waals surface area contributed by atoms with Crippen LogP contribution in [0.25, 0.3) is 0 Å². The van der Waals surface area contributed by atoms with Crippen molar-refractivity contribution in [2.45, 2.75) is 24.9 Å². The van der Waals surface area contributed by atoms with Gasteiger partial charge in [-0.1, -0.05) is 30.3 Å². The lowest BCUT2D eigenvalue weighted by molar-refractivity contribution is -0.131. The fourth-order valence-electron chi connectivity index (χ4n) is 2.18. The minimum Gasteiger partial charge on any atom is -0.342 e. The molecule has 1 saturated heterocycles. The molecule has 0 bridgehead atoms. The molecule has 1 aliphatic rings. The first-order valence-corrected chi connectivity index (χ1v) is 7.48. The van der Waals surface area contributed by atoms with Crippen molar-refractivity contribution >= 4 is 30.1 Å². The predicted octanol–water partition coefficient (Wildman–Crippen LogP) is 2.46. The summed E-state index contributed by atoms with van der Waals surface area (Å²) < 4.78 is 0. The number of hydrogen-bond acceptors (Lipinski definition) is 3. The zero-order valence-corrected chi connectivity index (χ0v) is 12.8.